The predicted octanol–water partition coefficient (Wildman–Crippen LogP) is 1.68. The molecule has 2 rings (SSSR count). The molecule has 1 aromatic carbocycles. The average Bonchev–Trinajstić information content (AvgIpc) is 2.47. The Morgan fingerprint density at radius 3 is 2.73 bits per heavy atom. The number of halogens is 2. The summed E-state index contributed by atoms with van der Waals surface area (Å²) in [6, 6.07) is 1.09. The molecule has 0 saturated carbocycles. The summed E-state index contributed by atoms with van der Waals surface area (Å²) in [5.74, 6) is 0. The van der Waals surface area contributed by atoms with Crippen molar-refractivity contribution in [1.29, 1.82) is 0 Å². The Kier molecular flexibility index (Phi) is 2.13. The number of rotatable bonds is 1. The van der Waals surface area contributed by atoms with Gasteiger partial charge in [-0.15, -0.1) is 0 Å². The van der Waals surface area contributed by atoms with Crippen molar-refractivity contribution in [2.24, 2.45) is 0 Å². The first-order chi connectivity index (χ1) is 7.02. The molecule has 2 aromatic rings. The van der Waals surface area contributed by atoms with Crippen molar-refractivity contribution in [3.05, 3.63) is 31.4 Å². The molecule has 0 amide bonds. The second-order valence-electron chi connectivity index (χ2n) is 2.57. The molecule has 0 spiro atoms. The lowest BCUT2D eigenvalue weighted by molar-refractivity contribution is -0.782. The number of nitro groups is 1. The monoisotopic (exact) mass is 249 g/mol. The van der Waals surface area contributed by atoms with E-state index in [1.807, 2.05) is 0 Å². The molecule has 0 aliphatic rings. The first-order valence-electron chi connectivity index (χ1n) is 3.54. The molecule has 9 heteroatoms. The van der Waals surface area contributed by atoms with Crippen LogP contribution in [0.25, 0.3) is 11.0 Å². The number of hydrogen-bond donors (Lipinski definition) is 0. The van der Waals surface area contributed by atoms with E-state index >= 15 is 0 Å². The zero-order valence-corrected chi connectivity index (χ0v) is 8.32. The zero-order chi connectivity index (χ0) is 11.2. The quantitative estimate of drug-likeness (QED) is 0.435. The summed E-state index contributed by atoms with van der Waals surface area (Å²) in [5.41, 5.74) is -0.991. The number of hydrogen-bond acceptors (Lipinski definition) is 5. The summed E-state index contributed by atoms with van der Waals surface area (Å²) in [6.07, 6.45) is 0. The van der Waals surface area contributed by atoms with E-state index in [0.29, 0.717) is 0 Å². The van der Waals surface area contributed by atoms with Crippen LogP contribution in [-0.4, -0.2) is 10.1 Å². The SMILES string of the molecule is O=[N+]([O-])c1c(Cl)cc(Cl)c2c1no[n+]2[O-]. The maximum atomic E-state index is 11.0. The van der Waals surface area contributed by atoms with Crippen LogP contribution in [0, 0.1) is 15.3 Å². The van der Waals surface area contributed by atoms with Crippen molar-refractivity contribution in [1.82, 2.24) is 5.16 Å². The lowest BCUT2D eigenvalue weighted by atomic mass is 10.2. The standard InChI is InChI=1S/C6HCl2N3O4/c7-2-1-3(8)6-4(5(2)10(12)13)9-15-11(6)14/h1H. The summed E-state index contributed by atoms with van der Waals surface area (Å²) in [6.45, 7) is 0. The van der Waals surface area contributed by atoms with Crippen LogP contribution in [0.2, 0.25) is 10.0 Å². The fourth-order valence-corrected chi connectivity index (χ4v) is 1.73. The molecule has 0 fully saturated rings. The summed E-state index contributed by atoms with van der Waals surface area (Å²) in [5, 5.41) is 24.6. The van der Waals surface area contributed by atoms with E-state index in [-0.39, 0.29) is 26.0 Å². The van der Waals surface area contributed by atoms with E-state index in [1.54, 1.807) is 0 Å². The van der Waals surface area contributed by atoms with Gasteiger partial charge in [-0.05, 0) is 11.0 Å². The van der Waals surface area contributed by atoms with Crippen LogP contribution in [0.15, 0.2) is 10.7 Å². The Morgan fingerprint density at radius 2 is 2.13 bits per heavy atom. The van der Waals surface area contributed by atoms with Crippen LogP contribution >= 0.6 is 23.2 Å². The molecule has 78 valence electrons. The number of benzene rings is 1. The Morgan fingerprint density at radius 1 is 1.47 bits per heavy atom. The summed E-state index contributed by atoms with van der Waals surface area (Å²) < 4.78 is 4.21. The Balaban J connectivity index is 2.97. The highest BCUT2D eigenvalue weighted by Crippen LogP contribution is 2.34. The molecule has 1 aromatic heterocycles. The fourth-order valence-electron chi connectivity index (χ4n) is 1.14. The van der Waals surface area contributed by atoms with Crippen molar-refractivity contribution < 1.29 is 14.5 Å². The summed E-state index contributed by atoms with van der Waals surface area (Å²) >= 11 is 11.3. The van der Waals surface area contributed by atoms with E-state index in [2.05, 4.69) is 9.79 Å². The molecular weight excluding hydrogens is 249 g/mol. The second-order valence-corrected chi connectivity index (χ2v) is 3.39. The van der Waals surface area contributed by atoms with E-state index in [1.165, 1.54) is 0 Å². The van der Waals surface area contributed by atoms with Crippen LogP contribution < -0.4 is 4.90 Å². The Hall–Kier alpha value is -1.60. The minimum Gasteiger partial charge on any atom is -0.359 e. The molecule has 0 N–H and O–H groups in total. The van der Waals surface area contributed by atoms with Gasteiger partial charge in [-0.2, -0.15) is 0 Å². The van der Waals surface area contributed by atoms with Gasteiger partial charge >= 0.3 is 11.2 Å². The minimum absolute atomic E-state index is 0.0129. The van der Waals surface area contributed by atoms with Crippen LogP contribution in [-0.2, 0) is 0 Å². The summed E-state index contributed by atoms with van der Waals surface area (Å²) in [4.78, 5) is 9.87. The topological polar surface area (TPSA) is 96.1 Å². The number of nitro benzene ring substituents is 1. The predicted molar refractivity (Wildman–Crippen MR) is 49.6 cm³/mol. The van der Waals surface area contributed by atoms with E-state index < -0.39 is 10.6 Å². The molecule has 7 nitrogen and oxygen atoms in total. The number of nitrogens with zero attached hydrogens (tertiary/aromatic N) is 3. The molecule has 0 atom stereocenters. The Bertz CT molecular complexity index is 567. The molecular formula is C6HCl2N3O4. The van der Waals surface area contributed by atoms with Gasteiger partial charge in [0.05, 0.1) is 15.1 Å². The van der Waals surface area contributed by atoms with Crippen molar-refractivity contribution in [2.45, 2.75) is 0 Å². The van der Waals surface area contributed by atoms with Gasteiger partial charge in [-0.25, -0.2) is 0 Å². The third kappa shape index (κ3) is 1.36. The van der Waals surface area contributed by atoms with Gasteiger partial charge in [-0.1, -0.05) is 23.2 Å². The highest BCUT2D eigenvalue weighted by atomic mass is 35.5. The normalized spacial score (nSPS) is 10.8. The van der Waals surface area contributed by atoms with E-state index in [4.69, 9.17) is 23.2 Å². The van der Waals surface area contributed by atoms with Crippen molar-refractivity contribution in [3.8, 4) is 0 Å². The third-order valence-electron chi connectivity index (χ3n) is 1.73. The van der Waals surface area contributed by atoms with Gasteiger partial charge in [0.2, 0.25) is 0 Å². The van der Waals surface area contributed by atoms with Crippen LogP contribution in [0.5, 0.6) is 0 Å². The van der Waals surface area contributed by atoms with Crippen LogP contribution in [0.3, 0.4) is 0 Å². The van der Waals surface area contributed by atoms with Gasteiger partial charge in [0, 0.05) is 0 Å². The zero-order valence-electron chi connectivity index (χ0n) is 6.81. The number of fused-ring (bicyclic) bond motifs is 1. The molecule has 0 aliphatic heterocycles. The molecule has 0 saturated heterocycles. The molecule has 0 radical (unpaired) electrons. The fraction of sp³-hybridized carbons (Fsp3) is 0. The average molecular weight is 250 g/mol. The van der Waals surface area contributed by atoms with E-state index in [9.17, 15) is 15.3 Å². The second kappa shape index (κ2) is 3.21. The molecule has 0 bridgehead atoms. The van der Waals surface area contributed by atoms with Gasteiger partial charge in [0.15, 0.2) is 0 Å². The highest BCUT2D eigenvalue weighted by Gasteiger charge is 2.29. The molecule has 1 heterocycles. The number of aromatic nitrogens is 2. The Labute approximate surface area is 91.5 Å². The van der Waals surface area contributed by atoms with E-state index in [0.717, 1.165) is 6.07 Å². The third-order valence-corrected chi connectivity index (χ3v) is 2.30. The van der Waals surface area contributed by atoms with Gasteiger partial charge in [-0.3, -0.25) is 14.7 Å². The summed E-state index contributed by atoms with van der Waals surface area (Å²) in [7, 11) is 0. The van der Waals surface area contributed by atoms with Crippen molar-refractivity contribution in [2.75, 3.05) is 0 Å². The molecule has 0 unspecified atom stereocenters. The van der Waals surface area contributed by atoms with Crippen molar-refractivity contribution >= 4 is 39.9 Å². The molecule has 0 aliphatic carbocycles. The lowest BCUT2D eigenvalue weighted by Gasteiger charge is -1.94. The highest BCUT2D eigenvalue weighted by molar-refractivity contribution is 6.39. The molecule has 15 heavy (non-hydrogen) atoms. The first-order valence-corrected chi connectivity index (χ1v) is 4.29. The van der Waals surface area contributed by atoms with Crippen LogP contribution in [0.4, 0.5) is 5.69 Å². The van der Waals surface area contributed by atoms with Gasteiger partial charge < -0.3 is 5.21 Å². The maximum Gasteiger partial charge on any atom is 0.345 e. The lowest BCUT2D eigenvalue weighted by Crippen LogP contribution is -2.22. The smallest absolute Gasteiger partial charge is 0.345 e. The van der Waals surface area contributed by atoms with Gasteiger partial charge in [0.25, 0.3) is 5.52 Å². The largest absolute Gasteiger partial charge is 0.359 e. The van der Waals surface area contributed by atoms with Crippen LogP contribution in [0.1, 0.15) is 0 Å². The van der Waals surface area contributed by atoms with Gasteiger partial charge in [0.1, 0.15) is 5.02 Å². The van der Waals surface area contributed by atoms with Crippen molar-refractivity contribution in [3.63, 3.8) is 0 Å². The first kappa shape index (κ1) is 9.94. The minimum atomic E-state index is -0.760. The maximum absolute atomic E-state index is 11.0.